The lowest BCUT2D eigenvalue weighted by Crippen LogP contribution is -2.19. The van der Waals surface area contributed by atoms with Crippen molar-refractivity contribution in [3.8, 4) is 0 Å². The van der Waals surface area contributed by atoms with Crippen LogP contribution in [0.4, 0.5) is 0 Å². The second-order valence-corrected chi connectivity index (χ2v) is 6.08. The van der Waals surface area contributed by atoms with Crippen molar-refractivity contribution in [2.45, 2.75) is 36.1 Å². The minimum atomic E-state index is 0.361. The minimum Gasteiger partial charge on any atom is -0.383 e. The summed E-state index contributed by atoms with van der Waals surface area (Å²) >= 11 is 1.95. The standard InChI is InChI=1S/C15H23NO2S/c1-12-14(7-9-18-12)19-15-6-4-3-5-13(15)11-16-8-10-17-2/h3-6,12,14,16H,7-11H2,1-2H3. The smallest absolute Gasteiger partial charge is 0.0669 e. The zero-order valence-electron chi connectivity index (χ0n) is 11.7. The Morgan fingerprint density at radius 2 is 2.26 bits per heavy atom. The Labute approximate surface area is 120 Å². The van der Waals surface area contributed by atoms with Gasteiger partial charge in [0.2, 0.25) is 0 Å². The first-order valence-electron chi connectivity index (χ1n) is 6.87. The van der Waals surface area contributed by atoms with E-state index < -0.39 is 0 Å². The van der Waals surface area contributed by atoms with Crippen LogP contribution in [-0.2, 0) is 16.0 Å². The third-order valence-corrected chi connectivity index (χ3v) is 4.93. The van der Waals surface area contributed by atoms with Crippen LogP contribution in [0.2, 0.25) is 0 Å². The number of hydrogen-bond donors (Lipinski definition) is 1. The van der Waals surface area contributed by atoms with Crippen LogP contribution in [0.3, 0.4) is 0 Å². The van der Waals surface area contributed by atoms with Crippen LogP contribution in [0, 0.1) is 0 Å². The predicted octanol–water partition coefficient (Wildman–Crippen LogP) is 2.69. The highest BCUT2D eigenvalue weighted by Gasteiger charge is 2.25. The molecule has 1 aliphatic rings. The lowest BCUT2D eigenvalue weighted by atomic mass is 10.2. The van der Waals surface area contributed by atoms with Gasteiger partial charge in [0.15, 0.2) is 0 Å². The van der Waals surface area contributed by atoms with E-state index in [2.05, 4.69) is 36.5 Å². The summed E-state index contributed by atoms with van der Waals surface area (Å²) in [6, 6.07) is 8.62. The van der Waals surface area contributed by atoms with Gasteiger partial charge >= 0.3 is 0 Å². The molecule has 4 heteroatoms. The fourth-order valence-corrected chi connectivity index (χ4v) is 3.45. The Bertz CT molecular complexity index is 386. The minimum absolute atomic E-state index is 0.361. The molecule has 3 nitrogen and oxygen atoms in total. The third kappa shape index (κ3) is 4.49. The maximum atomic E-state index is 5.64. The van der Waals surface area contributed by atoms with E-state index in [0.29, 0.717) is 11.4 Å². The number of benzene rings is 1. The van der Waals surface area contributed by atoms with Crippen LogP contribution in [0.5, 0.6) is 0 Å². The highest BCUT2D eigenvalue weighted by Crippen LogP contribution is 2.34. The average molecular weight is 281 g/mol. The summed E-state index contributed by atoms with van der Waals surface area (Å²) in [7, 11) is 1.73. The normalized spacial score (nSPS) is 22.8. The van der Waals surface area contributed by atoms with E-state index in [1.54, 1.807) is 7.11 Å². The molecule has 1 aromatic rings. The summed E-state index contributed by atoms with van der Waals surface area (Å²) in [5.74, 6) is 0. The number of rotatable bonds is 7. The number of ether oxygens (including phenoxy) is 2. The van der Waals surface area contributed by atoms with Gasteiger partial charge in [0.05, 0.1) is 12.7 Å². The topological polar surface area (TPSA) is 30.5 Å². The first-order chi connectivity index (χ1) is 9.31. The molecular weight excluding hydrogens is 258 g/mol. The molecule has 0 amide bonds. The first-order valence-corrected chi connectivity index (χ1v) is 7.75. The molecule has 1 saturated heterocycles. The van der Waals surface area contributed by atoms with Crippen molar-refractivity contribution in [2.75, 3.05) is 26.9 Å². The zero-order chi connectivity index (χ0) is 13.5. The van der Waals surface area contributed by atoms with E-state index in [4.69, 9.17) is 9.47 Å². The van der Waals surface area contributed by atoms with Gasteiger partial charge in [-0.1, -0.05) is 18.2 Å². The number of nitrogens with one attached hydrogen (secondary N) is 1. The van der Waals surface area contributed by atoms with Crippen LogP contribution in [0.1, 0.15) is 18.9 Å². The van der Waals surface area contributed by atoms with Gasteiger partial charge in [-0.3, -0.25) is 0 Å². The summed E-state index contributed by atoms with van der Waals surface area (Å²) in [6.07, 6.45) is 1.51. The summed E-state index contributed by atoms with van der Waals surface area (Å²) < 4.78 is 10.7. The van der Waals surface area contributed by atoms with Gasteiger partial charge in [-0.25, -0.2) is 0 Å². The molecule has 0 radical (unpaired) electrons. The number of thioether (sulfide) groups is 1. The van der Waals surface area contributed by atoms with Crippen LogP contribution < -0.4 is 5.32 Å². The van der Waals surface area contributed by atoms with Crippen LogP contribution in [-0.4, -0.2) is 38.2 Å². The molecule has 0 spiro atoms. The fourth-order valence-electron chi connectivity index (χ4n) is 2.19. The van der Waals surface area contributed by atoms with E-state index >= 15 is 0 Å². The van der Waals surface area contributed by atoms with Crippen molar-refractivity contribution in [3.05, 3.63) is 29.8 Å². The van der Waals surface area contributed by atoms with Crippen LogP contribution in [0.15, 0.2) is 29.2 Å². The lowest BCUT2D eigenvalue weighted by molar-refractivity contribution is 0.127. The van der Waals surface area contributed by atoms with Gasteiger partial charge in [0, 0.05) is 37.0 Å². The molecule has 0 saturated carbocycles. The zero-order valence-corrected chi connectivity index (χ0v) is 12.5. The molecule has 1 aromatic carbocycles. The van der Waals surface area contributed by atoms with E-state index in [1.165, 1.54) is 10.5 Å². The molecule has 1 fully saturated rings. The van der Waals surface area contributed by atoms with E-state index in [-0.39, 0.29) is 0 Å². The first kappa shape index (κ1) is 14.9. The lowest BCUT2D eigenvalue weighted by Gasteiger charge is -2.16. The Morgan fingerprint density at radius 1 is 1.42 bits per heavy atom. The Morgan fingerprint density at radius 3 is 3.00 bits per heavy atom. The van der Waals surface area contributed by atoms with Crippen molar-refractivity contribution in [1.82, 2.24) is 5.32 Å². The summed E-state index contributed by atoms with van der Waals surface area (Å²) in [5, 5.41) is 3.99. The number of hydrogen-bond acceptors (Lipinski definition) is 4. The average Bonchev–Trinajstić information content (AvgIpc) is 2.82. The van der Waals surface area contributed by atoms with Crippen LogP contribution in [0.25, 0.3) is 0 Å². The van der Waals surface area contributed by atoms with Crippen molar-refractivity contribution in [2.24, 2.45) is 0 Å². The third-order valence-electron chi connectivity index (χ3n) is 3.36. The van der Waals surface area contributed by atoms with Gasteiger partial charge in [0.1, 0.15) is 0 Å². The molecule has 0 aliphatic carbocycles. The molecule has 1 aliphatic heterocycles. The molecule has 2 atom stereocenters. The monoisotopic (exact) mass is 281 g/mol. The molecule has 19 heavy (non-hydrogen) atoms. The maximum Gasteiger partial charge on any atom is 0.0669 e. The highest BCUT2D eigenvalue weighted by molar-refractivity contribution is 8.00. The highest BCUT2D eigenvalue weighted by atomic mass is 32.2. The molecule has 2 unspecified atom stereocenters. The van der Waals surface area contributed by atoms with Gasteiger partial charge in [-0.2, -0.15) is 0 Å². The summed E-state index contributed by atoms with van der Waals surface area (Å²) in [6.45, 7) is 5.60. The van der Waals surface area contributed by atoms with Gasteiger partial charge in [0.25, 0.3) is 0 Å². The predicted molar refractivity (Wildman–Crippen MR) is 79.7 cm³/mol. The van der Waals surface area contributed by atoms with E-state index in [1.807, 2.05) is 11.8 Å². The molecule has 106 valence electrons. The van der Waals surface area contributed by atoms with Crippen molar-refractivity contribution in [3.63, 3.8) is 0 Å². The molecule has 1 N–H and O–H groups in total. The maximum absolute atomic E-state index is 5.64. The molecule has 1 heterocycles. The Balaban J connectivity index is 1.91. The second-order valence-electron chi connectivity index (χ2n) is 4.80. The van der Waals surface area contributed by atoms with Gasteiger partial charge in [-0.05, 0) is 25.0 Å². The Hall–Kier alpha value is -0.550. The van der Waals surface area contributed by atoms with Gasteiger partial charge in [-0.15, -0.1) is 11.8 Å². The molecule has 2 rings (SSSR count). The van der Waals surface area contributed by atoms with Gasteiger partial charge < -0.3 is 14.8 Å². The molecular formula is C15H23NO2S. The molecule has 0 bridgehead atoms. The number of methoxy groups -OCH3 is 1. The van der Waals surface area contributed by atoms with Crippen molar-refractivity contribution < 1.29 is 9.47 Å². The van der Waals surface area contributed by atoms with E-state index in [9.17, 15) is 0 Å². The van der Waals surface area contributed by atoms with Crippen molar-refractivity contribution >= 4 is 11.8 Å². The van der Waals surface area contributed by atoms with Crippen molar-refractivity contribution in [1.29, 1.82) is 0 Å². The Kier molecular flexibility index (Phi) is 6.17. The largest absolute Gasteiger partial charge is 0.383 e. The fraction of sp³-hybridized carbons (Fsp3) is 0.600. The molecule has 0 aromatic heterocycles. The quantitative estimate of drug-likeness (QED) is 0.779. The van der Waals surface area contributed by atoms with E-state index in [0.717, 1.165) is 32.7 Å². The second kappa shape index (κ2) is 7.90. The van der Waals surface area contributed by atoms with Crippen LogP contribution >= 0.6 is 11.8 Å². The SMILES string of the molecule is COCCNCc1ccccc1SC1CCOC1C. The summed E-state index contributed by atoms with van der Waals surface area (Å²) in [4.78, 5) is 1.37. The summed E-state index contributed by atoms with van der Waals surface area (Å²) in [5.41, 5.74) is 1.36.